The molecular formula is C16H34O2. The first-order valence-corrected chi connectivity index (χ1v) is 8.07. The maximum Gasteiger partial charge on any atom is 0.0700 e. The van der Waals surface area contributed by atoms with Crippen molar-refractivity contribution < 1.29 is 9.47 Å². The van der Waals surface area contributed by atoms with Crippen molar-refractivity contribution in [2.75, 3.05) is 26.4 Å². The highest BCUT2D eigenvalue weighted by molar-refractivity contribution is 4.45. The van der Waals surface area contributed by atoms with Crippen LogP contribution < -0.4 is 0 Å². The first-order chi connectivity index (χ1) is 8.91. The number of hydrogen-bond donors (Lipinski definition) is 0. The van der Waals surface area contributed by atoms with E-state index in [9.17, 15) is 0 Å². The molecule has 0 saturated carbocycles. The van der Waals surface area contributed by atoms with Crippen molar-refractivity contribution in [1.29, 1.82) is 0 Å². The zero-order valence-electron chi connectivity index (χ0n) is 12.7. The summed E-state index contributed by atoms with van der Waals surface area (Å²) in [5, 5.41) is 0. The molecule has 0 atom stereocenters. The predicted molar refractivity (Wildman–Crippen MR) is 79.2 cm³/mol. The van der Waals surface area contributed by atoms with E-state index in [-0.39, 0.29) is 0 Å². The van der Waals surface area contributed by atoms with Crippen LogP contribution in [0.1, 0.15) is 78.1 Å². The molecule has 0 aromatic rings. The van der Waals surface area contributed by atoms with Gasteiger partial charge in [0.25, 0.3) is 0 Å². The third-order valence-electron chi connectivity index (χ3n) is 3.16. The fourth-order valence-electron chi connectivity index (χ4n) is 1.91. The van der Waals surface area contributed by atoms with Crippen LogP contribution in [0.5, 0.6) is 0 Å². The molecule has 2 nitrogen and oxygen atoms in total. The minimum Gasteiger partial charge on any atom is -0.379 e. The lowest BCUT2D eigenvalue weighted by Gasteiger charge is -2.05. The minimum absolute atomic E-state index is 0.761. The summed E-state index contributed by atoms with van der Waals surface area (Å²) in [7, 11) is 0. The van der Waals surface area contributed by atoms with Crippen molar-refractivity contribution in [2.24, 2.45) is 0 Å². The highest BCUT2D eigenvalue weighted by atomic mass is 16.5. The molecule has 0 unspecified atom stereocenters. The highest BCUT2D eigenvalue weighted by Gasteiger charge is 1.93. The Hall–Kier alpha value is -0.0800. The number of unbranched alkanes of at least 4 members (excludes halogenated alkanes) is 8. The van der Waals surface area contributed by atoms with E-state index < -0.39 is 0 Å². The molecule has 18 heavy (non-hydrogen) atoms. The second-order valence-electron chi connectivity index (χ2n) is 5.05. The molecule has 0 aromatic carbocycles. The second kappa shape index (κ2) is 16.9. The third-order valence-corrected chi connectivity index (χ3v) is 3.16. The van der Waals surface area contributed by atoms with Crippen molar-refractivity contribution in [1.82, 2.24) is 0 Å². The van der Waals surface area contributed by atoms with E-state index in [1.807, 2.05) is 0 Å². The average Bonchev–Trinajstić information content (AvgIpc) is 2.39. The van der Waals surface area contributed by atoms with E-state index in [0.717, 1.165) is 32.8 Å². The average molecular weight is 258 g/mol. The van der Waals surface area contributed by atoms with Gasteiger partial charge in [0.15, 0.2) is 0 Å². The van der Waals surface area contributed by atoms with E-state index in [4.69, 9.17) is 9.47 Å². The Morgan fingerprint density at radius 3 is 1.44 bits per heavy atom. The highest BCUT2D eigenvalue weighted by Crippen LogP contribution is 2.08. The van der Waals surface area contributed by atoms with Gasteiger partial charge in [-0.2, -0.15) is 0 Å². The van der Waals surface area contributed by atoms with Gasteiger partial charge in [0.2, 0.25) is 0 Å². The molecular weight excluding hydrogens is 224 g/mol. The quantitative estimate of drug-likeness (QED) is 0.386. The Labute approximate surface area is 114 Å². The molecule has 0 rings (SSSR count). The molecule has 110 valence electrons. The first-order valence-electron chi connectivity index (χ1n) is 8.07. The molecule has 0 aliphatic carbocycles. The molecule has 0 spiro atoms. The zero-order valence-corrected chi connectivity index (χ0v) is 12.7. The van der Waals surface area contributed by atoms with Crippen molar-refractivity contribution in [2.45, 2.75) is 78.1 Å². The predicted octanol–water partition coefficient (Wildman–Crippen LogP) is 4.96. The molecule has 0 aromatic heterocycles. The van der Waals surface area contributed by atoms with Crippen molar-refractivity contribution in [3.63, 3.8) is 0 Å². The van der Waals surface area contributed by atoms with E-state index in [1.165, 1.54) is 57.8 Å². The number of rotatable bonds is 15. The van der Waals surface area contributed by atoms with E-state index in [0.29, 0.717) is 0 Å². The maximum atomic E-state index is 5.53. The summed E-state index contributed by atoms with van der Waals surface area (Å²) < 4.78 is 11.0. The van der Waals surface area contributed by atoms with Crippen LogP contribution in [0.4, 0.5) is 0 Å². The maximum absolute atomic E-state index is 5.53. The Balaban J connectivity index is 2.86. The lowest BCUT2D eigenvalue weighted by molar-refractivity contribution is 0.0453. The van der Waals surface area contributed by atoms with E-state index in [2.05, 4.69) is 13.8 Å². The van der Waals surface area contributed by atoms with Gasteiger partial charge in [-0.1, -0.05) is 65.2 Å². The van der Waals surface area contributed by atoms with Gasteiger partial charge < -0.3 is 9.47 Å². The summed E-state index contributed by atoms with van der Waals surface area (Å²) in [6, 6.07) is 0. The van der Waals surface area contributed by atoms with Crippen LogP contribution in [-0.2, 0) is 9.47 Å². The van der Waals surface area contributed by atoms with Crippen LogP contribution in [0, 0.1) is 0 Å². The lowest BCUT2D eigenvalue weighted by Crippen LogP contribution is -2.06. The monoisotopic (exact) mass is 258 g/mol. The van der Waals surface area contributed by atoms with Crippen LogP contribution >= 0.6 is 0 Å². The lowest BCUT2D eigenvalue weighted by atomic mass is 10.1. The molecule has 0 amide bonds. The molecule has 0 saturated heterocycles. The van der Waals surface area contributed by atoms with Crippen molar-refractivity contribution in [3.05, 3.63) is 0 Å². The van der Waals surface area contributed by atoms with Crippen LogP contribution in [0.3, 0.4) is 0 Å². The van der Waals surface area contributed by atoms with Gasteiger partial charge in [-0.3, -0.25) is 0 Å². The van der Waals surface area contributed by atoms with Gasteiger partial charge in [-0.05, 0) is 12.8 Å². The third kappa shape index (κ3) is 15.9. The van der Waals surface area contributed by atoms with Crippen molar-refractivity contribution in [3.8, 4) is 0 Å². The Morgan fingerprint density at radius 1 is 0.444 bits per heavy atom. The van der Waals surface area contributed by atoms with Crippen LogP contribution in [-0.4, -0.2) is 26.4 Å². The topological polar surface area (TPSA) is 18.5 Å². The molecule has 0 fully saturated rings. The number of ether oxygens (including phenoxy) is 2. The van der Waals surface area contributed by atoms with E-state index >= 15 is 0 Å². The summed E-state index contributed by atoms with van der Waals surface area (Å²) in [5.74, 6) is 0. The summed E-state index contributed by atoms with van der Waals surface area (Å²) >= 11 is 0. The van der Waals surface area contributed by atoms with Gasteiger partial charge in [0.05, 0.1) is 13.2 Å². The van der Waals surface area contributed by atoms with Crippen molar-refractivity contribution >= 4 is 0 Å². The summed E-state index contributed by atoms with van der Waals surface area (Å²) in [5.41, 5.74) is 0. The SMILES string of the molecule is CCCCCCCCCCOCCOCCCC. The smallest absolute Gasteiger partial charge is 0.0700 e. The van der Waals surface area contributed by atoms with Gasteiger partial charge >= 0.3 is 0 Å². The number of hydrogen-bond acceptors (Lipinski definition) is 2. The fourth-order valence-corrected chi connectivity index (χ4v) is 1.91. The summed E-state index contributed by atoms with van der Waals surface area (Å²) in [6.07, 6.45) is 13.3. The minimum atomic E-state index is 0.761. The zero-order chi connectivity index (χ0) is 13.3. The van der Waals surface area contributed by atoms with Crippen LogP contribution in [0.15, 0.2) is 0 Å². The molecule has 2 heteroatoms. The molecule has 0 radical (unpaired) electrons. The molecule has 0 heterocycles. The Morgan fingerprint density at radius 2 is 0.889 bits per heavy atom. The molecule has 0 aliphatic heterocycles. The molecule has 0 aliphatic rings. The van der Waals surface area contributed by atoms with Gasteiger partial charge in [0, 0.05) is 13.2 Å². The first kappa shape index (κ1) is 17.9. The van der Waals surface area contributed by atoms with Gasteiger partial charge in [0.1, 0.15) is 0 Å². The van der Waals surface area contributed by atoms with Gasteiger partial charge in [-0.15, -0.1) is 0 Å². The van der Waals surface area contributed by atoms with Crippen LogP contribution in [0.2, 0.25) is 0 Å². The summed E-state index contributed by atoms with van der Waals surface area (Å²) in [4.78, 5) is 0. The largest absolute Gasteiger partial charge is 0.379 e. The normalized spacial score (nSPS) is 11.0. The molecule has 0 N–H and O–H groups in total. The fraction of sp³-hybridized carbons (Fsp3) is 1.00. The Bertz CT molecular complexity index is 121. The van der Waals surface area contributed by atoms with Crippen LogP contribution in [0.25, 0.3) is 0 Å². The summed E-state index contributed by atoms with van der Waals surface area (Å²) in [6.45, 7) is 7.77. The van der Waals surface area contributed by atoms with E-state index in [1.54, 1.807) is 0 Å². The molecule has 0 bridgehead atoms. The Kier molecular flexibility index (Phi) is 16.8. The standard InChI is InChI=1S/C16H34O2/c1-3-5-7-8-9-10-11-12-14-18-16-15-17-13-6-4-2/h3-16H2,1-2H3. The van der Waals surface area contributed by atoms with Gasteiger partial charge in [-0.25, -0.2) is 0 Å². The second-order valence-corrected chi connectivity index (χ2v) is 5.05.